The molecule has 0 aliphatic rings. The van der Waals surface area contributed by atoms with Crippen molar-refractivity contribution in [2.24, 2.45) is 0 Å². The molecule has 116 valence electrons. The summed E-state index contributed by atoms with van der Waals surface area (Å²) in [5, 5.41) is 4.07. The monoisotopic (exact) mass is 329 g/mol. The number of nitrogens with zero attached hydrogens (tertiary/aromatic N) is 2. The topological polar surface area (TPSA) is 60.9 Å². The van der Waals surface area contributed by atoms with Crippen molar-refractivity contribution in [3.05, 3.63) is 76.2 Å². The maximum absolute atomic E-state index is 13.3. The summed E-state index contributed by atoms with van der Waals surface area (Å²) in [4.78, 5) is 12.5. The highest BCUT2D eigenvalue weighted by Gasteiger charge is 2.18. The largest absolute Gasteiger partial charge is 0.383 e. The van der Waals surface area contributed by atoms with Gasteiger partial charge in [-0.15, -0.1) is 0 Å². The van der Waals surface area contributed by atoms with E-state index in [1.54, 1.807) is 12.1 Å². The number of aromatic nitrogens is 2. The Morgan fingerprint density at radius 2 is 1.91 bits per heavy atom. The molecule has 0 fully saturated rings. The van der Waals surface area contributed by atoms with Crippen LogP contribution in [0.2, 0.25) is 5.02 Å². The van der Waals surface area contributed by atoms with Crippen LogP contribution in [0.5, 0.6) is 0 Å². The molecule has 0 bridgehead atoms. The summed E-state index contributed by atoms with van der Waals surface area (Å²) in [5.41, 5.74) is 8.39. The van der Waals surface area contributed by atoms with Gasteiger partial charge in [-0.3, -0.25) is 4.79 Å². The molecule has 0 saturated carbocycles. The van der Waals surface area contributed by atoms with E-state index in [0.29, 0.717) is 11.3 Å². The lowest BCUT2D eigenvalue weighted by atomic mass is 10.0. The van der Waals surface area contributed by atoms with Crippen molar-refractivity contribution in [3.8, 4) is 5.69 Å². The van der Waals surface area contributed by atoms with Crippen LogP contribution in [0.25, 0.3) is 5.69 Å². The van der Waals surface area contributed by atoms with Crippen LogP contribution in [0, 0.1) is 12.7 Å². The summed E-state index contributed by atoms with van der Waals surface area (Å²) < 4.78 is 14.6. The number of carbonyl (C=O) groups is 1. The Morgan fingerprint density at radius 1 is 1.22 bits per heavy atom. The predicted molar refractivity (Wildman–Crippen MR) is 87.6 cm³/mol. The van der Waals surface area contributed by atoms with Gasteiger partial charge in [-0.2, -0.15) is 5.10 Å². The second-order valence-electron chi connectivity index (χ2n) is 5.15. The van der Waals surface area contributed by atoms with Crippen LogP contribution < -0.4 is 5.73 Å². The minimum absolute atomic E-state index is 0.0381. The average molecular weight is 330 g/mol. The van der Waals surface area contributed by atoms with Gasteiger partial charge in [0.15, 0.2) is 5.78 Å². The number of hydrogen-bond acceptors (Lipinski definition) is 3. The van der Waals surface area contributed by atoms with Crippen LogP contribution in [-0.4, -0.2) is 15.6 Å². The van der Waals surface area contributed by atoms with E-state index in [2.05, 4.69) is 5.10 Å². The number of rotatable bonds is 3. The summed E-state index contributed by atoms with van der Waals surface area (Å²) >= 11 is 5.77. The van der Waals surface area contributed by atoms with Crippen molar-refractivity contribution in [3.63, 3.8) is 0 Å². The lowest BCUT2D eigenvalue weighted by Crippen LogP contribution is -2.07. The maximum Gasteiger partial charge on any atom is 0.198 e. The second-order valence-corrected chi connectivity index (χ2v) is 5.56. The minimum atomic E-state index is -0.530. The number of nitrogen functional groups attached to an aromatic ring is 1. The number of carbonyl (C=O) groups excluding carboxylic acids is 1. The molecule has 0 unspecified atom stereocenters. The summed E-state index contributed by atoms with van der Waals surface area (Å²) in [6.07, 6.45) is 1.40. The zero-order chi connectivity index (χ0) is 16.6. The van der Waals surface area contributed by atoms with Crippen molar-refractivity contribution < 1.29 is 9.18 Å². The first kappa shape index (κ1) is 15.2. The molecule has 0 aliphatic carbocycles. The van der Waals surface area contributed by atoms with Gasteiger partial charge < -0.3 is 5.73 Å². The summed E-state index contributed by atoms with van der Waals surface area (Å²) in [7, 11) is 0. The number of aryl methyl sites for hydroxylation is 1. The minimum Gasteiger partial charge on any atom is -0.383 e. The lowest BCUT2D eigenvalue weighted by molar-refractivity contribution is 0.103. The van der Waals surface area contributed by atoms with Crippen LogP contribution in [0.3, 0.4) is 0 Å². The molecule has 4 nitrogen and oxygen atoms in total. The summed E-state index contributed by atoms with van der Waals surface area (Å²) in [5.74, 6) is -0.572. The Labute approximate surface area is 137 Å². The highest BCUT2D eigenvalue weighted by molar-refractivity contribution is 6.30. The van der Waals surface area contributed by atoms with E-state index in [1.807, 2.05) is 19.1 Å². The molecular weight excluding hydrogens is 317 g/mol. The van der Waals surface area contributed by atoms with E-state index in [0.717, 1.165) is 5.56 Å². The fourth-order valence-electron chi connectivity index (χ4n) is 2.22. The zero-order valence-corrected chi connectivity index (χ0v) is 13.0. The van der Waals surface area contributed by atoms with Gasteiger partial charge in [0, 0.05) is 5.56 Å². The van der Waals surface area contributed by atoms with Crippen LogP contribution in [0.1, 0.15) is 21.5 Å². The number of halogens is 2. The molecular formula is C17H13ClFN3O. The molecule has 2 N–H and O–H groups in total. The van der Waals surface area contributed by atoms with Crippen molar-refractivity contribution >= 4 is 23.2 Å². The van der Waals surface area contributed by atoms with Gasteiger partial charge in [-0.05, 0) is 25.1 Å². The number of nitrogens with two attached hydrogens (primary N) is 1. The smallest absolute Gasteiger partial charge is 0.198 e. The zero-order valence-electron chi connectivity index (χ0n) is 12.3. The Morgan fingerprint density at radius 3 is 2.57 bits per heavy atom. The molecule has 0 saturated heterocycles. The Kier molecular flexibility index (Phi) is 3.88. The van der Waals surface area contributed by atoms with Gasteiger partial charge in [0.25, 0.3) is 0 Å². The number of hydrogen-bond donors (Lipinski definition) is 1. The third kappa shape index (κ3) is 2.83. The van der Waals surface area contributed by atoms with Gasteiger partial charge in [-0.25, -0.2) is 9.07 Å². The quantitative estimate of drug-likeness (QED) is 0.744. The van der Waals surface area contributed by atoms with Gasteiger partial charge in [-0.1, -0.05) is 41.4 Å². The molecule has 2 aromatic carbocycles. The number of ketones is 1. The third-order valence-corrected chi connectivity index (χ3v) is 3.80. The molecule has 3 aromatic rings. The SMILES string of the molecule is Cc1ccc(C(=O)c2cnn(-c3ccc(F)c(Cl)c3)c2N)cc1. The normalized spacial score (nSPS) is 10.7. The molecule has 6 heteroatoms. The van der Waals surface area contributed by atoms with E-state index >= 15 is 0 Å². The van der Waals surface area contributed by atoms with E-state index in [9.17, 15) is 9.18 Å². The highest BCUT2D eigenvalue weighted by atomic mass is 35.5. The van der Waals surface area contributed by atoms with Gasteiger partial charge in [0.1, 0.15) is 11.6 Å². The summed E-state index contributed by atoms with van der Waals surface area (Å²) in [6.45, 7) is 1.94. The highest BCUT2D eigenvalue weighted by Crippen LogP contribution is 2.23. The van der Waals surface area contributed by atoms with Crippen molar-refractivity contribution in [1.82, 2.24) is 9.78 Å². The first-order valence-corrected chi connectivity index (χ1v) is 7.25. The van der Waals surface area contributed by atoms with E-state index < -0.39 is 5.82 Å². The van der Waals surface area contributed by atoms with Gasteiger partial charge in [0.2, 0.25) is 0 Å². The molecule has 23 heavy (non-hydrogen) atoms. The van der Waals surface area contributed by atoms with Crippen molar-refractivity contribution in [2.45, 2.75) is 6.92 Å². The van der Waals surface area contributed by atoms with Crippen molar-refractivity contribution in [1.29, 1.82) is 0 Å². The molecule has 3 rings (SSSR count). The Balaban J connectivity index is 2.00. The molecule has 0 spiro atoms. The molecule has 0 atom stereocenters. The standard InChI is InChI=1S/C17H13ClFN3O/c1-10-2-4-11(5-3-10)16(23)13-9-21-22(17(13)20)12-6-7-15(19)14(18)8-12/h2-9H,20H2,1H3. The van der Waals surface area contributed by atoms with E-state index in [1.165, 1.54) is 29.1 Å². The van der Waals surface area contributed by atoms with Gasteiger partial charge >= 0.3 is 0 Å². The molecule has 1 aromatic heterocycles. The van der Waals surface area contributed by atoms with E-state index in [-0.39, 0.29) is 22.2 Å². The average Bonchev–Trinajstić information content (AvgIpc) is 2.92. The van der Waals surface area contributed by atoms with Crippen LogP contribution in [0.4, 0.5) is 10.2 Å². The number of benzene rings is 2. The molecule has 0 aliphatic heterocycles. The Hall–Kier alpha value is -2.66. The molecule has 0 amide bonds. The molecule has 1 heterocycles. The van der Waals surface area contributed by atoms with E-state index in [4.69, 9.17) is 17.3 Å². The van der Waals surface area contributed by atoms with Crippen LogP contribution >= 0.6 is 11.6 Å². The maximum atomic E-state index is 13.3. The van der Waals surface area contributed by atoms with Crippen LogP contribution in [-0.2, 0) is 0 Å². The fourth-order valence-corrected chi connectivity index (χ4v) is 2.39. The first-order valence-electron chi connectivity index (χ1n) is 6.87. The van der Waals surface area contributed by atoms with Gasteiger partial charge in [0.05, 0.1) is 22.5 Å². The third-order valence-electron chi connectivity index (χ3n) is 3.51. The second kappa shape index (κ2) is 5.85. The van der Waals surface area contributed by atoms with Crippen molar-refractivity contribution in [2.75, 3.05) is 5.73 Å². The lowest BCUT2D eigenvalue weighted by Gasteiger charge is -2.06. The molecule has 0 radical (unpaired) electrons. The fraction of sp³-hybridized carbons (Fsp3) is 0.0588. The summed E-state index contributed by atoms with van der Waals surface area (Å²) in [6, 6.07) is 11.3. The first-order chi connectivity index (χ1) is 11.0. The Bertz CT molecular complexity index is 887. The van der Waals surface area contributed by atoms with Crippen LogP contribution in [0.15, 0.2) is 48.7 Å². The predicted octanol–water partition coefficient (Wildman–Crippen LogP) is 3.79. The number of anilines is 1.